The normalized spacial score (nSPS) is 0. The predicted molar refractivity (Wildman–Crippen MR) is 2.06 cm³/mol. The van der Waals surface area contributed by atoms with Gasteiger partial charge in [0.15, 0.2) is 0 Å². The molecule has 0 unspecified atom stereocenters. The zero-order valence-electron chi connectivity index (χ0n) is 2.18. The largest absolute Gasteiger partial charge is 4.00 e. The van der Waals surface area contributed by atoms with Crippen LogP contribution in [0.1, 0.15) is 0 Å². The second-order valence-corrected chi connectivity index (χ2v) is 0. The molecule has 0 aliphatic carbocycles. The maximum Gasteiger partial charge on any atom is 4.00 e. The van der Waals surface area contributed by atoms with Crippen molar-refractivity contribution in [1.29, 1.82) is 0 Å². The van der Waals surface area contributed by atoms with E-state index in [-0.39, 0.29) is 74.8 Å². The summed E-state index contributed by atoms with van der Waals surface area (Å²) in [6, 6.07) is 0. The van der Waals surface area contributed by atoms with Gasteiger partial charge in [-0.25, -0.2) is 0 Å². The molecular weight excluding hydrogens is 244 g/mol. The second-order valence-electron chi connectivity index (χ2n) is 0. The van der Waals surface area contributed by atoms with Gasteiger partial charge in [-0.05, 0) is 0 Å². The van der Waals surface area contributed by atoms with Crippen molar-refractivity contribution in [3.8, 4) is 0 Å². The molecule has 0 bridgehead atoms. The average molecular weight is 244 g/mol. The fourth-order valence-electron chi connectivity index (χ4n) is 0. The fraction of sp³-hybridized carbons (Fsp3) is 0. The summed E-state index contributed by atoms with van der Waals surface area (Å²) < 4.78 is 0. The summed E-state index contributed by atoms with van der Waals surface area (Å²) in [6.07, 6.45) is 0. The van der Waals surface area contributed by atoms with Crippen molar-refractivity contribution in [3.63, 3.8) is 0 Å². The van der Waals surface area contributed by atoms with Crippen LogP contribution in [0.3, 0.4) is 0 Å². The van der Waals surface area contributed by atoms with Gasteiger partial charge in [0, 0.05) is 0 Å². The summed E-state index contributed by atoms with van der Waals surface area (Å²) in [5.41, 5.74) is 0. The van der Waals surface area contributed by atoms with E-state index in [9.17, 15) is 0 Å². The van der Waals surface area contributed by atoms with Gasteiger partial charge in [0.05, 0.1) is 0 Å². The zero-order valence-corrected chi connectivity index (χ0v) is 7.06. The maximum atomic E-state index is 0. The predicted octanol–water partition coefficient (Wildman–Crippen LogP) is -0.359. The van der Waals surface area contributed by atoms with Crippen molar-refractivity contribution in [1.82, 2.24) is 0 Å². The Balaban J connectivity index is 0. The molecule has 5 heteroatoms. The Hall–Kier alpha value is 1.76. The molecule has 3 nitrogen and oxygen atoms in total. The van der Waals surface area contributed by atoms with E-state index in [0.29, 0.717) is 0 Å². The van der Waals surface area contributed by atoms with Crippen LogP contribution in [-0.4, -0.2) is 0 Å². The first kappa shape index (κ1) is 72.3. The molecule has 0 aromatic carbocycles. The Kier molecular flexibility index (Phi) is 608. The van der Waals surface area contributed by atoms with E-state index >= 15 is 0 Å². The van der Waals surface area contributed by atoms with Gasteiger partial charge in [-0.15, -0.1) is 0 Å². The second kappa shape index (κ2) is 42.1. The Morgan fingerprint density at radius 2 is 0.600 bits per heavy atom. The van der Waals surface area contributed by atoms with Crippen LogP contribution in [0.25, 0.3) is 0 Å². The molecule has 28 valence electrons. The first-order valence-electron chi connectivity index (χ1n) is 0. The molecule has 0 aromatic rings. The van der Waals surface area contributed by atoms with Gasteiger partial charge >= 0.3 is 58.4 Å². The monoisotopic (exact) mass is 244 g/mol. The van der Waals surface area contributed by atoms with E-state index in [2.05, 4.69) is 0 Å². The minimum Gasteiger partial charge on any atom is -2.00 e. The van der Waals surface area contributed by atoms with Gasteiger partial charge in [0.2, 0.25) is 0 Å². The number of hydrogen-bond donors (Lipinski definition) is 0. The molecular formula is MnO3Pr. The quantitative estimate of drug-likeness (QED) is 0.521. The first-order chi connectivity index (χ1) is 0. The Morgan fingerprint density at radius 3 is 0.600 bits per heavy atom. The average Bonchev–Trinajstić information content (AvgIpc) is 0. The summed E-state index contributed by atoms with van der Waals surface area (Å²) in [5, 5.41) is 0. The summed E-state index contributed by atoms with van der Waals surface area (Å²) in [6.45, 7) is 0. The molecule has 0 atom stereocenters. The van der Waals surface area contributed by atoms with Gasteiger partial charge in [-0.1, -0.05) is 0 Å². The third-order valence-electron chi connectivity index (χ3n) is 0. The minimum atomic E-state index is 0. The summed E-state index contributed by atoms with van der Waals surface area (Å²) in [7, 11) is 0. The van der Waals surface area contributed by atoms with Crippen LogP contribution < -0.4 is 0 Å². The van der Waals surface area contributed by atoms with Crippen molar-refractivity contribution in [2.45, 2.75) is 0 Å². The third kappa shape index (κ3) is 26.3. The van der Waals surface area contributed by atoms with Gasteiger partial charge in [-0.2, -0.15) is 0 Å². The first-order valence-corrected chi connectivity index (χ1v) is 0. The number of hydrogen-bond acceptors (Lipinski definition) is 0. The smallest absolute Gasteiger partial charge is 2.00 e. The maximum absolute atomic E-state index is 0. The van der Waals surface area contributed by atoms with Crippen LogP contribution >= 0.6 is 0 Å². The molecule has 0 heterocycles. The van der Waals surface area contributed by atoms with Crippen LogP contribution in [0.2, 0.25) is 0 Å². The van der Waals surface area contributed by atoms with E-state index in [4.69, 9.17) is 0 Å². The minimum absolute atomic E-state index is 0. The van der Waals surface area contributed by atoms with Crippen molar-refractivity contribution < 1.29 is 74.8 Å². The Bertz CT molecular complexity index is 6.85. The van der Waals surface area contributed by atoms with Gasteiger partial charge in [-0.3, -0.25) is 0 Å². The van der Waals surface area contributed by atoms with Crippen molar-refractivity contribution in [2.75, 3.05) is 0 Å². The molecule has 1 radical (unpaired) electrons. The standard InChI is InChI=1S/Mn.3O.Pr/q+2;3*-2;+4. The van der Waals surface area contributed by atoms with Crippen molar-refractivity contribution in [3.05, 3.63) is 0 Å². The van der Waals surface area contributed by atoms with Gasteiger partial charge < -0.3 is 16.4 Å². The molecule has 0 amide bonds. The fourth-order valence-corrected chi connectivity index (χ4v) is 0. The molecule has 5 heavy (non-hydrogen) atoms. The topological polar surface area (TPSA) is 85.5 Å². The molecule has 0 fully saturated rings. The van der Waals surface area contributed by atoms with E-state index < -0.39 is 0 Å². The Labute approximate surface area is 73.9 Å². The molecule has 0 aliphatic heterocycles. The summed E-state index contributed by atoms with van der Waals surface area (Å²) in [4.78, 5) is 0. The van der Waals surface area contributed by atoms with E-state index in [1.807, 2.05) is 0 Å². The zero-order chi connectivity index (χ0) is 0. The number of rotatable bonds is 0. The van der Waals surface area contributed by atoms with Crippen LogP contribution in [0.5, 0.6) is 0 Å². The van der Waals surface area contributed by atoms with Crippen LogP contribution in [0, 0.1) is 41.3 Å². The molecule has 0 saturated heterocycles. The van der Waals surface area contributed by atoms with E-state index in [1.165, 1.54) is 0 Å². The summed E-state index contributed by atoms with van der Waals surface area (Å²) >= 11 is 0. The van der Waals surface area contributed by atoms with Crippen LogP contribution in [0.15, 0.2) is 0 Å². The molecule has 0 aromatic heterocycles. The van der Waals surface area contributed by atoms with Crippen LogP contribution in [-0.2, 0) is 33.5 Å². The molecule has 0 spiro atoms. The third-order valence-corrected chi connectivity index (χ3v) is 0. The molecule has 0 saturated carbocycles. The Morgan fingerprint density at radius 1 is 0.600 bits per heavy atom. The van der Waals surface area contributed by atoms with Gasteiger partial charge in [0.25, 0.3) is 0 Å². The van der Waals surface area contributed by atoms with Gasteiger partial charge in [0.1, 0.15) is 0 Å². The molecule has 0 N–H and O–H groups in total. The SMILES string of the molecule is [Mn+2].[O-2].[O-2].[O-2].[Pr+4]. The van der Waals surface area contributed by atoms with Crippen molar-refractivity contribution >= 4 is 0 Å². The van der Waals surface area contributed by atoms with Crippen LogP contribution in [0.4, 0.5) is 0 Å². The molecule has 0 aliphatic rings. The van der Waals surface area contributed by atoms with Crippen molar-refractivity contribution in [2.24, 2.45) is 0 Å². The summed E-state index contributed by atoms with van der Waals surface area (Å²) in [5.74, 6) is 0. The van der Waals surface area contributed by atoms with E-state index in [0.717, 1.165) is 0 Å². The van der Waals surface area contributed by atoms with E-state index in [1.54, 1.807) is 0 Å². The molecule has 0 rings (SSSR count).